The number of carbonyl (C=O) groups is 3. The van der Waals surface area contributed by atoms with Gasteiger partial charge in [-0.1, -0.05) is 51.9 Å². The van der Waals surface area contributed by atoms with Crippen LogP contribution in [0.4, 0.5) is 5.82 Å². The lowest BCUT2D eigenvalue weighted by Crippen LogP contribution is -2.28. The normalized spacial score (nSPS) is 13.5. The van der Waals surface area contributed by atoms with Crippen molar-refractivity contribution >= 4 is 34.6 Å². The Bertz CT molecular complexity index is 668. The Morgan fingerprint density at radius 1 is 1.21 bits per heavy atom. The van der Waals surface area contributed by atoms with Crippen LogP contribution in [0.25, 0.3) is 0 Å². The number of carbonyl (C=O) groups excluding carboxylic acids is 3. The van der Waals surface area contributed by atoms with E-state index in [1.807, 2.05) is 26.8 Å². The van der Waals surface area contributed by atoms with E-state index in [2.05, 4.69) is 17.2 Å². The van der Waals surface area contributed by atoms with Crippen LogP contribution in [0.1, 0.15) is 65.9 Å². The van der Waals surface area contributed by atoms with Gasteiger partial charge in [0.2, 0.25) is 5.91 Å². The number of ether oxygens (including phenoxy) is 1. The quantitative estimate of drug-likeness (QED) is 0.609. The van der Waals surface area contributed by atoms with Crippen molar-refractivity contribution in [3.8, 4) is 0 Å². The molecule has 28 heavy (non-hydrogen) atoms. The van der Waals surface area contributed by atoms with E-state index in [4.69, 9.17) is 4.74 Å². The first-order valence-electron chi connectivity index (χ1n) is 9.67. The van der Waals surface area contributed by atoms with Gasteiger partial charge in [0, 0.05) is 24.3 Å². The Labute approximate surface area is 172 Å². The summed E-state index contributed by atoms with van der Waals surface area (Å²) in [6.07, 6.45) is 3.36. The van der Waals surface area contributed by atoms with Crippen LogP contribution < -0.4 is 5.32 Å². The molecular weight excluding hydrogens is 376 g/mol. The van der Waals surface area contributed by atoms with Gasteiger partial charge >= 0.3 is 5.97 Å². The average Bonchev–Trinajstić information content (AvgIpc) is 2.61. The third-order valence-electron chi connectivity index (χ3n) is 4.28. The third kappa shape index (κ3) is 7.62. The van der Waals surface area contributed by atoms with Crippen LogP contribution in [0.3, 0.4) is 0 Å². The van der Waals surface area contributed by atoms with Crippen LogP contribution >= 0.6 is 11.8 Å². The molecule has 1 N–H and O–H groups in total. The average molecular weight is 409 g/mol. The van der Waals surface area contributed by atoms with E-state index in [0.29, 0.717) is 18.2 Å². The molecule has 0 aliphatic rings. The smallest absolute Gasteiger partial charge is 0.310 e. The lowest BCUT2D eigenvalue weighted by Gasteiger charge is -2.25. The van der Waals surface area contributed by atoms with Crippen LogP contribution in [0.5, 0.6) is 0 Å². The number of hydrogen-bond donors (Lipinski definition) is 1. The predicted octanol–water partition coefficient (Wildman–Crippen LogP) is 4.41. The molecular formula is C21H32N2O4S. The fourth-order valence-corrected chi connectivity index (χ4v) is 3.50. The second-order valence-corrected chi connectivity index (χ2v) is 8.93. The van der Waals surface area contributed by atoms with Gasteiger partial charge in [0.1, 0.15) is 5.82 Å². The van der Waals surface area contributed by atoms with Gasteiger partial charge in [-0.2, -0.15) is 0 Å². The highest BCUT2D eigenvalue weighted by molar-refractivity contribution is 8.13. The summed E-state index contributed by atoms with van der Waals surface area (Å²) in [5.74, 6) is -0.0764. The van der Waals surface area contributed by atoms with Crippen molar-refractivity contribution in [2.75, 3.05) is 17.7 Å². The van der Waals surface area contributed by atoms with Gasteiger partial charge in [-0.05, 0) is 30.9 Å². The van der Waals surface area contributed by atoms with Crippen LogP contribution in [0.15, 0.2) is 18.3 Å². The topological polar surface area (TPSA) is 85.4 Å². The molecule has 2 atom stereocenters. The van der Waals surface area contributed by atoms with E-state index in [0.717, 1.165) is 30.2 Å². The van der Waals surface area contributed by atoms with E-state index in [-0.39, 0.29) is 22.9 Å². The fraction of sp³-hybridized carbons (Fsp3) is 0.619. The maximum Gasteiger partial charge on any atom is 0.310 e. The first-order valence-corrected chi connectivity index (χ1v) is 10.7. The molecule has 0 radical (unpaired) electrons. The van der Waals surface area contributed by atoms with E-state index < -0.39 is 11.3 Å². The van der Waals surface area contributed by atoms with Crippen molar-refractivity contribution in [1.82, 2.24) is 4.98 Å². The summed E-state index contributed by atoms with van der Waals surface area (Å²) >= 11 is 1.14. The molecule has 0 bridgehead atoms. The number of thioether (sulfide) groups is 1. The molecule has 1 aromatic rings. The monoisotopic (exact) mass is 408 g/mol. The second-order valence-electron chi connectivity index (χ2n) is 7.74. The van der Waals surface area contributed by atoms with Gasteiger partial charge in [-0.15, -0.1) is 0 Å². The molecule has 156 valence electrons. The van der Waals surface area contributed by atoms with E-state index in [9.17, 15) is 14.4 Å². The summed E-state index contributed by atoms with van der Waals surface area (Å²) in [7, 11) is 0. The van der Waals surface area contributed by atoms with E-state index in [1.165, 1.54) is 6.92 Å². The second kappa shape index (κ2) is 11.2. The number of pyridine rings is 1. The van der Waals surface area contributed by atoms with Crippen LogP contribution in [-0.2, 0) is 19.1 Å². The minimum Gasteiger partial charge on any atom is -0.466 e. The largest absolute Gasteiger partial charge is 0.466 e. The summed E-state index contributed by atoms with van der Waals surface area (Å²) in [5, 5.41) is 2.78. The molecule has 1 rings (SSSR count). The molecule has 0 spiro atoms. The van der Waals surface area contributed by atoms with Crippen LogP contribution in [0.2, 0.25) is 0 Å². The van der Waals surface area contributed by atoms with Gasteiger partial charge in [-0.25, -0.2) is 4.98 Å². The number of rotatable bonds is 9. The Hall–Kier alpha value is -1.89. The molecule has 0 saturated carbocycles. The fourth-order valence-electron chi connectivity index (χ4n) is 2.72. The van der Waals surface area contributed by atoms with Gasteiger partial charge < -0.3 is 10.1 Å². The molecule has 1 heterocycles. The first-order chi connectivity index (χ1) is 13.1. The zero-order chi connectivity index (χ0) is 21.3. The van der Waals surface area contributed by atoms with Gasteiger partial charge in [0.25, 0.3) is 0 Å². The first kappa shape index (κ1) is 24.1. The van der Waals surface area contributed by atoms with Gasteiger partial charge in [0.15, 0.2) is 5.12 Å². The molecule has 0 saturated heterocycles. The molecule has 0 fully saturated rings. The van der Waals surface area contributed by atoms with Crippen molar-refractivity contribution in [3.05, 3.63) is 23.9 Å². The van der Waals surface area contributed by atoms with Crippen molar-refractivity contribution in [1.29, 1.82) is 0 Å². The number of nitrogens with one attached hydrogen (secondary N) is 1. The Balaban J connectivity index is 3.07. The molecule has 0 aromatic carbocycles. The highest BCUT2D eigenvalue weighted by atomic mass is 32.2. The zero-order valence-corrected chi connectivity index (χ0v) is 18.5. The molecule has 2 unspecified atom stereocenters. The van der Waals surface area contributed by atoms with Crippen molar-refractivity contribution in [2.45, 2.75) is 60.3 Å². The maximum atomic E-state index is 12.5. The van der Waals surface area contributed by atoms with Crippen molar-refractivity contribution in [3.63, 3.8) is 0 Å². The molecule has 1 aromatic heterocycles. The number of esters is 1. The van der Waals surface area contributed by atoms with Crippen LogP contribution in [-0.4, -0.2) is 34.3 Å². The highest BCUT2D eigenvalue weighted by Gasteiger charge is 2.31. The van der Waals surface area contributed by atoms with Crippen molar-refractivity contribution in [2.24, 2.45) is 11.3 Å². The van der Waals surface area contributed by atoms with Crippen molar-refractivity contribution < 1.29 is 19.1 Å². The summed E-state index contributed by atoms with van der Waals surface area (Å²) in [6.45, 7) is 11.1. The lowest BCUT2D eigenvalue weighted by molar-refractivity contribution is -0.148. The molecule has 0 aliphatic carbocycles. The molecule has 0 aliphatic heterocycles. The third-order valence-corrected chi connectivity index (χ3v) is 5.21. The highest BCUT2D eigenvalue weighted by Crippen LogP contribution is 2.33. The van der Waals surface area contributed by atoms with Gasteiger partial charge in [-0.3, -0.25) is 14.4 Å². The molecule has 6 nitrogen and oxygen atoms in total. The zero-order valence-electron chi connectivity index (χ0n) is 17.7. The molecule has 7 heteroatoms. The van der Waals surface area contributed by atoms with Gasteiger partial charge in [0.05, 0.1) is 12.5 Å². The maximum absolute atomic E-state index is 12.5. The summed E-state index contributed by atoms with van der Waals surface area (Å²) < 4.78 is 5.26. The van der Waals surface area contributed by atoms with E-state index >= 15 is 0 Å². The number of anilines is 1. The standard InChI is InChI=1S/C21H32N2O4S/c1-7-9-16(17(13-28-14(3)24)19(25)27-8-2)15-10-11-18(22-12-15)23-20(26)21(4,5)6/h10-12,16-17H,7-9,13H2,1-6H3,(H,22,23,26). The van der Waals surface area contributed by atoms with Crippen LogP contribution in [0, 0.1) is 11.3 Å². The lowest BCUT2D eigenvalue weighted by atomic mass is 9.84. The van der Waals surface area contributed by atoms with E-state index in [1.54, 1.807) is 19.2 Å². The number of hydrogen-bond acceptors (Lipinski definition) is 6. The Morgan fingerprint density at radius 2 is 1.89 bits per heavy atom. The SMILES string of the molecule is CCCC(c1ccc(NC(=O)C(C)(C)C)nc1)C(CSC(C)=O)C(=O)OCC. The summed E-state index contributed by atoms with van der Waals surface area (Å²) in [4.78, 5) is 40.5. The minimum atomic E-state index is -0.510. The molecule has 1 amide bonds. The number of aromatic nitrogens is 1. The number of nitrogens with zero attached hydrogens (tertiary/aromatic N) is 1. The Kier molecular flexibility index (Phi) is 9.65. The summed E-state index contributed by atoms with van der Waals surface area (Å²) in [5.41, 5.74) is 0.391. The summed E-state index contributed by atoms with van der Waals surface area (Å²) in [6, 6.07) is 3.64. The number of amides is 1. The minimum absolute atomic E-state index is 0.0251. The Morgan fingerprint density at radius 3 is 2.36 bits per heavy atom. The predicted molar refractivity (Wildman–Crippen MR) is 113 cm³/mol.